The first kappa shape index (κ1) is 19.7. The molecule has 2 aromatic carbocycles. The summed E-state index contributed by atoms with van der Waals surface area (Å²) in [5, 5.41) is 2.37. The van der Waals surface area contributed by atoms with Gasteiger partial charge in [0.1, 0.15) is 21.8 Å². The first-order valence-corrected chi connectivity index (χ1v) is 8.34. The molecule has 0 aliphatic heterocycles. The average Bonchev–Trinajstić information content (AvgIpc) is 2.63. The van der Waals surface area contributed by atoms with Crippen LogP contribution in [0.5, 0.6) is 11.5 Å². The Labute approximate surface area is 158 Å². The molecular weight excluding hydrogens is 409 g/mol. The maximum Gasteiger partial charge on any atom is 0.339 e. The molecule has 0 aromatic heterocycles. The molecule has 0 saturated heterocycles. The number of amides is 1. The number of rotatable bonds is 6. The molecule has 0 aliphatic rings. The summed E-state index contributed by atoms with van der Waals surface area (Å²) in [6.07, 6.45) is -1.14. The van der Waals surface area contributed by atoms with Crippen LogP contribution in [0.4, 0.5) is 10.1 Å². The van der Waals surface area contributed by atoms with Crippen LogP contribution in [0.1, 0.15) is 17.3 Å². The van der Waals surface area contributed by atoms with Gasteiger partial charge in [-0.3, -0.25) is 4.79 Å². The quantitative estimate of drug-likeness (QED) is 0.712. The minimum absolute atomic E-state index is 0.00683. The molecule has 0 fully saturated rings. The van der Waals surface area contributed by atoms with Gasteiger partial charge in [0.15, 0.2) is 6.10 Å². The number of ether oxygens (including phenoxy) is 3. The Morgan fingerprint density at radius 2 is 1.69 bits per heavy atom. The summed E-state index contributed by atoms with van der Waals surface area (Å²) in [5.74, 6) is -1.23. The summed E-state index contributed by atoms with van der Waals surface area (Å²) in [5.41, 5.74) is 0.153. The number of para-hydroxylation sites is 1. The number of anilines is 1. The lowest BCUT2D eigenvalue weighted by Crippen LogP contribution is -2.30. The van der Waals surface area contributed by atoms with Gasteiger partial charge in [0.25, 0.3) is 5.91 Å². The average molecular weight is 426 g/mol. The molecule has 0 radical (unpaired) electrons. The fraction of sp³-hybridized carbons (Fsp3) is 0.222. The van der Waals surface area contributed by atoms with Crippen molar-refractivity contribution in [2.45, 2.75) is 13.0 Å². The Bertz CT molecular complexity index is 802. The second kappa shape index (κ2) is 8.66. The fourth-order valence-corrected chi connectivity index (χ4v) is 2.62. The molecule has 2 rings (SSSR count). The Morgan fingerprint density at radius 1 is 1.12 bits per heavy atom. The van der Waals surface area contributed by atoms with Crippen LogP contribution >= 0.6 is 15.9 Å². The highest BCUT2D eigenvalue weighted by atomic mass is 79.9. The molecule has 26 heavy (non-hydrogen) atoms. The van der Waals surface area contributed by atoms with E-state index < -0.39 is 23.8 Å². The summed E-state index contributed by atoms with van der Waals surface area (Å²) >= 11 is 3.30. The van der Waals surface area contributed by atoms with E-state index in [1.807, 2.05) is 0 Å². The summed E-state index contributed by atoms with van der Waals surface area (Å²) in [7, 11) is 2.89. The summed E-state index contributed by atoms with van der Waals surface area (Å²) in [6, 6.07) is 8.62. The van der Waals surface area contributed by atoms with E-state index in [0.29, 0.717) is 16.0 Å². The zero-order chi connectivity index (χ0) is 19.3. The predicted octanol–water partition coefficient (Wildman–Crippen LogP) is 3.79. The first-order valence-electron chi connectivity index (χ1n) is 7.55. The number of hydrogen-bond acceptors (Lipinski definition) is 5. The smallest absolute Gasteiger partial charge is 0.339 e. The van der Waals surface area contributed by atoms with Gasteiger partial charge in [-0.2, -0.15) is 0 Å². The van der Waals surface area contributed by atoms with Crippen LogP contribution in [0.25, 0.3) is 0 Å². The monoisotopic (exact) mass is 425 g/mol. The van der Waals surface area contributed by atoms with Crippen molar-refractivity contribution >= 4 is 33.5 Å². The highest BCUT2D eigenvalue weighted by Gasteiger charge is 2.22. The lowest BCUT2D eigenvalue weighted by molar-refractivity contribution is -0.123. The number of halogens is 2. The molecular formula is C18H17BrFNO5. The second-order valence-electron chi connectivity index (χ2n) is 5.21. The van der Waals surface area contributed by atoms with Crippen molar-refractivity contribution < 1.29 is 28.2 Å². The number of nitrogens with one attached hydrogen (secondary N) is 1. The van der Waals surface area contributed by atoms with Gasteiger partial charge in [-0.25, -0.2) is 9.18 Å². The molecule has 0 spiro atoms. The molecule has 0 bridgehead atoms. The van der Waals surface area contributed by atoms with Gasteiger partial charge in [-0.1, -0.05) is 12.1 Å². The maximum atomic E-state index is 13.6. The zero-order valence-electron chi connectivity index (χ0n) is 14.3. The van der Waals surface area contributed by atoms with Gasteiger partial charge in [-0.15, -0.1) is 0 Å². The van der Waals surface area contributed by atoms with E-state index in [1.54, 1.807) is 6.07 Å². The molecule has 1 unspecified atom stereocenters. The molecule has 138 valence electrons. The van der Waals surface area contributed by atoms with Crippen LogP contribution < -0.4 is 14.8 Å². The van der Waals surface area contributed by atoms with E-state index in [1.165, 1.54) is 51.5 Å². The van der Waals surface area contributed by atoms with Crippen molar-refractivity contribution in [1.29, 1.82) is 0 Å². The predicted molar refractivity (Wildman–Crippen MR) is 97.2 cm³/mol. The van der Waals surface area contributed by atoms with Crippen LogP contribution in [0.3, 0.4) is 0 Å². The van der Waals surface area contributed by atoms with Crippen molar-refractivity contribution in [1.82, 2.24) is 0 Å². The molecule has 8 heteroatoms. The van der Waals surface area contributed by atoms with Crippen molar-refractivity contribution in [2.75, 3.05) is 19.5 Å². The molecule has 6 nitrogen and oxygen atoms in total. The van der Waals surface area contributed by atoms with Crippen LogP contribution in [0.2, 0.25) is 0 Å². The van der Waals surface area contributed by atoms with E-state index in [4.69, 9.17) is 14.2 Å². The Morgan fingerprint density at radius 3 is 2.23 bits per heavy atom. The minimum Gasteiger partial charge on any atom is -0.495 e. The third-order valence-electron chi connectivity index (χ3n) is 3.47. The normalized spacial score (nSPS) is 11.4. The first-order chi connectivity index (χ1) is 12.4. The summed E-state index contributed by atoms with van der Waals surface area (Å²) in [4.78, 5) is 24.4. The molecule has 0 aliphatic carbocycles. The van der Waals surface area contributed by atoms with Crippen molar-refractivity contribution in [3.05, 3.63) is 52.3 Å². The van der Waals surface area contributed by atoms with Gasteiger partial charge < -0.3 is 19.5 Å². The third kappa shape index (κ3) is 4.51. The van der Waals surface area contributed by atoms with Gasteiger partial charge in [0.05, 0.1) is 25.5 Å². The highest BCUT2D eigenvalue weighted by molar-refractivity contribution is 9.10. The minimum atomic E-state index is -1.14. The summed E-state index contributed by atoms with van der Waals surface area (Å²) < 4.78 is 29.6. The molecule has 2 aromatic rings. The van der Waals surface area contributed by atoms with Crippen LogP contribution in [-0.2, 0) is 9.53 Å². The molecule has 1 atom stereocenters. The molecule has 0 heterocycles. The van der Waals surface area contributed by atoms with E-state index in [2.05, 4.69) is 21.2 Å². The standard InChI is InChI=1S/C18H17BrFNO5/c1-10(17(22)21-13-7-5-4-6-12(13)20)26-18(23)11-8-14(24-2)16(19)15(9-11)25-3/h4-10H,1-3H3,(H,21,22). The number of carbonyl (C=O) groups is 2. The lowest BCUT2D eigenvalue weighted by Gasteiger charge is -2.15. The third-order valence-corrected chi connectivity index (χ3v) is 4.25. The van der Waals surface area contributed by atoms with Crippen LogP contribution in [0, 0.1) is 5.82 Å². The molecule has 1 amide bonds. The van der Waals surface area contributed by atoms with Crippen molar-refractivity contribution in [3.63, 3.8) is 0 Å². The largest absolute Gasteiger partial charge is 0.495 e. The van der Waals surface area contributed by atoms with Gasteiger partial charge in [-0.05, 0) is 47.1 Å². The number of carbonyl (C=O) groups excluding carboxylic acids is 2. The van der Waals surface area contributed by atoms with Crippen molar-refractivity contribution in [2.24, 2.45) is 0 Å². The Hall–Kier alpha value is -2.61. The number of benzene rings is 2. The number of hydrogen-bond donors (Lipinski definition) is 1. The zero-order valence-corrected chi connectivity index (χ0v) is 15.9. The second-order valence-corrected chi connectivity index (χ2v) is 6.00. The number of esters is 1. The lowest BCUT2D eigenvalue weighted by atomic mass is 10.2. The van der Waals surface area contributed by atoms with E-state index in [-0.39, 0.29) is 11.3 Å². The summed E-state index contributed by atoms with van der Waals surface area (Å²) in [6.45, 7) is 1.39. The van der Waals surface area contributed by atoms with Crippen molar-refractivity contribution in [3.8, 4) is 11.5 Å². The van der Waals surface area contributed by atoms with E-state index in [0.717, 1.165) is 0 Å². The highest BCUT2D eigenvalue weighted by Crippen LogP contribution is 2.35. The fourth-order valence-electron chi connectivity index (χ4n) is 2.07. The maximum absolute atomic E-state index is 13.6. The topological polar surface area (TPSA) is 73.9 Å². The Balaban J connectivity index is 2.11. The Kier molecular flexibility index (Phi) is 6.57. The number of methoxy groups -OCH3 is 2. The van der Waals surface area contributed by atoms with Crippen LogP contribution in [-0.4, -0.2) is 32.2 Å². The van der Waals surface area contributed by atoms with E-state index in [9.17, 15) is 14.0 Å². The van der Waals surface area contributed by atoms with Gasteiger partial charge in [0.2, 0.25) is 0 Å². The van der Waals surface area contributed by atoms with Gasteiger partial charge >= 0.3 is 5.97 Å². The van der Waals surface area contributed by atoms with E-state index >= 15 is 0 Å². The van der Waals surface area contributed by atoms with Crippen LogP contribution in [0.15, 0.2) is 40.9 Å². The molecule has 0 saturated carbocycles. The van der Waals surface area contributed by atoms with Gasteiger partial charge in [0, 0.05) is 0 Å². The SMILES string of the molecule is COc1cc(C(=O)OC(C)C(=O)Nc2ccccc2F)cc(OC)c1Br. The molecule has 1 N–H and O–H groups in total.